The van der Waals surface area contributed by atoms with Crippen molar-refractivity contribution in [1.29, 1.82) is 0 Å². The largest absolute Gasteiger partial charge is 0.351 e. The first-order valence-corrected chi connectivity index (χ1v) is 8.90. The van der Waals surface area contributed by atoms with E-state index in [2.05, 4.69) is 21.2 Å². The molecule has 1 aliphatic rings. The molecule has 1 aromatic carbocycles. The summed E-state index contributed by atoms with van der Waals surface area (Å²) in [5.41, 5.74) is 1.87. The van der Waals surface area contributed by atoms with Crippen molar-refractivity contribution in [1.82, 2.24) is 5.32 Å². The van der Waals surface area contributed by atoms with Crippen LogP contribution < -0.4 is 5.32 Å². The zero-order valence-corrected chi connectivity index (χ0v) is 13.5. The number of carbonyl (C=O) groups is 1. The van der Waals surface area contributed by atoms with Crippen LogP contribution in [0.5, 0.6) is 0 Å². The van der Waals surface area contributed by atoms with Crippen molar-refractivity contribution in [3.8, 4) is 0 Å². The van der Waals surface area contributed by atoms with Crippen molar-refractivity contribution in [3.63, 3.8) is 0 Å². The Morgan fingerprint density at radius 1 is 1.50 bits per heavy atom. The van der Waals surface area contributed by atoms with E-state index in [1.165, 1.54) is 11.5 Å². The normalized spacial score (nSPS) is 19.6. The number of rotatable bonds is 3. The van der Waals surface area contributed by atoms with Gasteiger partial charge in [0.25, 0.3) is 5.91 Å². The Hall–Kier alpha value is -0.130. The van der Waals surface area contributed by atoms with E-state index in [1.807, 2.05) is 48.6 Å². The molecular weight excluding hydrogens is 330 g/mol. The summed E-state index contributed by atoms with van der Waals surface area (Å²) in [6, 6.07) is 5.72. The lowest BCUT2D eigenvalue weighted by atomic mass is 10.1. The highest BCUT2D eigenvalue weighted by Crippen LogP contribution is 2.23. The van der Waals surface area contributed by atoms with Crippen LogP contribution in [0.1, 0.15) is 15.9 Å². The van der Waals surface area contributed by atoms with Crippen LogP contribution >= 0.6 is 39.5 Å². The van der Waals surface area contributed by atoms with Gasteiger partial charge in [-0.1, -0.05) is 22.0 Å². The maximum atomic E-state index is 12.0. The van der Waals surface area contributed by atoms with Crippen LogP contribution in [0.2, 0.25) is 0 Å². The number of thioether (sulfide) groups is 2. The first-order chi connectivity index (χ1) is 8.66. The van der Waals surface area contributed by atoms with E-state index in [9.17, 15) is 4.79 Å². The number of halogens is 1. The van der Waals surface area contributed by atoms with Crippen molar-refractivity contribution in [2.45, 2.75) is 12.2 Å². The fourth-order valence-electron chi connectivity index (χ4n) is 1.70. The van der Waals surface area contributed by atoms with Crippen LogP contribution in [-0.4, -0.2) is 35.0 Å². The predicted molar refractivity (Wildman–Crippen MR) is 84.8 cm³/mol. The average Bonchev–Trinajstić information content (AvgIpc) is 2.40. The fraction of sp³-hybridized carbons (Fsp3) is 0.462. The highest BCUT2D eigenvalue weighted by molar-refractivity contribution is 9.10. The molecule has 18 heavy (non-hydrogen) atoms. The number of amides is 1. The second-order valence-electron chi connectivity index (χ2n) is 4.24. The Labute approximate surface area is 125 Å². The van der Waals surface area contributed by atoms with Gasteiger partial charge in [0.05, 0.1) is 0 Å². The van der Waals surface area contributed by atoms with Gasteiger partial charge in [-0.3, -0.25) is 4.79 Å². The minimum Gasteiger partial charge on any atom is -0.351 e. The van der Waals surface area contributed by atoms with Crippen molar-refractivity contribution in [2.24, 2.45) is 0 Å². The summed E-state index contributed by atoms with van der Waals surface area (Å²) < 4.78 is 0.984. The third-order valence-electron chi connectivity index (χ3n) is 2.81. The number of hydrogen-bond acceptors (Lipinski definition) is 3. The molecule has 2 rings (SSSR count). The monoisotopic (exact) mass is 345 g/mol. The summed E-state index contributed by atoms with van der Waals surface area (Å²) in [6.07, 6.45) is 0. The summed E-state index contributed by atoms with van der Waals surface area (Å²) in [5.74, 6) is 3.59. The van der Waals surface area contributed by atoms with Crippen LogP contribution in [-0.2, 0) is 0 Å². The molecule has 0 aromatic heterocycles. The molecule has 0 bridgehead atoms. The molecule has 0 spiro atoms. The van der Waals surface area contributed by atoms with Crippen LogP contribution in [0.3, 0.4) is 0 Å². The van der Waals surface area contributed by atoms with Gasteiger partial charge >= 0.3 is 0 Å². The number of nitrogens with one attached hydrogen (secondary N) is 1. The van der Waals surface area contributed by atoms with E-state index in [4.69, 9.17) is 0 Å². The van der Waals surface area contributed by atoms with E-state index in [0.717, 1.165) is 27.9 Å². The van der Waals surface area contributed by atoms with E-state index in [-0.39, 0.29) is 5.91 Å². The smallest absolute Gasteiger partial charge is 0.251 e. The van der Waals surface area contributed by atoms with Gasteiger partial charge < -0.3 is 5.32 Å². The zero-order valence-electron chi connectivity index (χ0n) is 10.2. The van der Waals surface area contributed by atoms with E-state index < -0.39 is 0 Å². The van der Waals surface area contributed by atoms with Gasteiger partial charge in [-0.05, 0) is 24.6 Å². The highest BCUT2D eigenvalue weighted by Gasteiger charge is 2.15. The molecule has 0 aliphatic carbocycles. The standard InChI is InChI=1S/C13H16BrNOS2/c1-9-2-3-10(6-12(9)14)13(16)15-7-11-8-17-4-5-18-11/h2-3,6,11H,4-5,7-8H2,1H3,(H,15,16). The molecule has 1 fully saturated rings. The maximum absolute atomic E-state index is 12.0. The molecule has 98 valence electrons. The molecule has 0 saturated carbocycles. The van der Waals surface area contributed by atoms with Crippen molar-refractivity contribution >= 4 is 45.4 Å². The molecule has 1 unspecified atom stereocenters. The average molecular weight is 346 g/mol. The van der Waals surface area contributed by atoms with Crippen LogP contribution in [0.4, 0.5) is 0 Å². The van der Waals surface area contributed by atoms with Crippen LogP contribution in [0.15, 0.2) is 22.7 Å². The lowest BCUT2D eigenvalue weighted by Gasteiger charge is -2.21. The molecule has 0 radical (unpaired) electrons. The van der Waals surface area contributed by atoms with Gasteiger partial charge in [-0.15, -0.1) is 0 Å². The maximum Gasteiger partial charge on any atom is 0.251 e. The Balaban J connectivity index is 1.88. The summed E-state index contributed by atoms with van der Waals surface area (Å²) in [6.45, 7) is 2.78. The van der Waals surface area contributed by atoms with E-state index in [0.29, 0.717) is 5.25 Å². The molecule has 1 heterocycles. The first kappa shape index (κ1) is 14.3. The minimum atomic E-state index is 0.0203. The van der Waals surface area contributed by atoms with Gasteiger partial charge in [0, 0.05) is 39.1 Å². The Bertz CT molecular complexity index is 433. The van der Waals surface area contributed by atoms with E-state index in [1.54, 1.807) is 0 Å². The van der Waals surface area contributed by atoms with Crippen molar-refractivity contribution < 1.29 is 4.79 Å². The number of hydrogen-bond donors (Lipinski definition) is 1. The quantitative estimate of drug-likeness (QED) is 0.910. The van der Waals surface area contributed by atoms with Crippen LogP contribution in [0, 0.1) is 6.92 Å². The topological polar surface area (TPSA) is 29.1 Å². The molecular formula is C13H16BrNOS2. The van der Waals surface area contributed by atoms with Gasteiger partial charge in [0.15, 0.2) is 0 Å². The summed E-state index contributed by atoms with van der Waals surface area (Å²) >= 11 is 7.39. The number of aryl methyl sites for hydroxylation is 1. The molecule has 1 aliphatic heterocycles. The molecule has 5 heteroatoms. The van der Waals surface area contributed by atoms with Gasteiger partial charge in [-0.25, -0.2) is 0 Å². The predicted octanol–water partition coefficient (Wildman–Crippen LogP) is 3.34. The molecule has 1 saturated heterocycles. The van der Waals surface area contributed by atoms with E-state index >= 15 is 0 Å². The minimum absolute atomic E-state index is 0.0203. The number of carbonyl (C=O) groups excluding carboxylic acids is 1. The van der Waals surface area contributed by atoms with Crippen LogP contribution in [0.25, 0.3) is 0 Å². The fourth-order valence-corrected chi connectivity index (χ4v) is 4.69. The molecule has 1 amide bonds. The van der Waals surface area contributed by atoms with Gasteiger partial charge in [0.1, 0.15) is 0 Å². The van der Waals surface area contributed by atoms with Gasteiger partial charge in [-0.2, -0.15) is 23.5 Å². The molecule has 1 aromatic rings. The first-order valence-electron chi connectivity index (χ1n) is 5.90. The van der Waals surface area contributed by atoms with Gasteiger partial charge in [0.2, 0.25) is 0 Å². The Morgan fingerprint density at radius 3 is 3.00 bits per heavy atom. The lowest BCUT2D eigenvalue weighted by Crippen LogP contribution is -2.33. The third kappa shape index (κ3) is 3.93. The molecule has 2 nitrogen and oxygen atoms in total. The lowest BCUT2D eigenvalue weighted by molar-refractivity contribution is 0.0954. The summed E-state index contributed by atoms with van der Waals surface area (Å²) in [4.78, 5) is 12.0. The van der Waals surface area contributed by atoms with Crippen molar-refractivity contribution in [3.05, 3.63) is 33.8 Å². The van der Waals surface area contributed by atoms with Crippen molar-refractivity contribution in [2.75, 3.05) is 23.8 Å². The highest BCUT2D eigenvalue weighted by atomic mass is 79.9. The second-order valence-corrected chi connectivity index (χ2v) is 7.65. The summed E-state index contributed by atoms with van der Waals surface area (Å²) in [7, 11) is 0. The SMILES string of the molecule is Cc1ccc(C(=O)NCC2CSCCS2)cc1Br. The Morgan fingerprint density at radius 2 is 2.33 bits per heavy atom. The Kier molecular flexibility index (Phi) is 5.45. The second kappa shape index (κ2) is 6.87. The zero-order chi connectivity index (χ0) is 13.0. The third-order valence-corrected chi connectivity index (χ3v) is 6.51. The molecule has 1 atom stereocenters. The molecule has 1 N–H and O–H groups in total. The number of benzene rings is 1. The summed E-state index contributed by atoms with van der Waals surface area (Å²) in [5, 5.41) is 3.58.